The monoisotopic (exact) mass is 508 g/mol. The standard InChI is InChI=1S/C26H26F2N6O3/c1-33-13-15(11-30-33)20-12-29-19-8-6-17(34(26(19)32-20)14-16-4-9-23(35)31-16)5-7-18-24(27)21(36-2)10-22(37-3)25(18)28/h5-6,8,10-13,16H,4,7,9,14H2,1-3H3,(H,31,35). The second-order valence-corrected chi connectivity index (χ2v) is 8.83. The summed E-state index contributed by atoms with van der Waals surface area (Å²) in [6, 6.07) is 1.08. The summed E-state index contributed by atoms with van der Waals surface area (Å²) in [5, 5.41) is 7.19. The minimum Gasteiger partial charge on any atom is -0.494 e. The van der Waals surface area contributed by atoms with Gasteiger partial charge in [-0.3, -0.25) is 14.5 Å². The number of anilines is 1. The molecule has 0 radical (unpaired) electrons. The van der Waals surface area contributed by atoms with Crippen molar-refractivity contribution < 1.29 is 23.0 Å². The molecule has 2 aromatic heterocycles. The Hall–Kier alpha value is -4.28. The van der Waals surface area contributed by atoms with Crippen LogP contribution in [0.25, 0.3) is 17.3 Å². The van der Waals surface area contributed by atoms with Gasteiger partial charge in [0, 0.05) is 55.1 Å². The first-order valence-corrected chi connectivity index (χ1v) is 11.8. The van der Waals surface area contributed by atoms with E-state index in [4.69, 9.17) is 14.5 Å². The number of allylic oxidation sites excluding steroid dienone is 2. The maximum atomic E-state index is 15.0. The fourth-order valence-electron chi connectivity index (χ4n) is 4.50. The van der Waals surface area contributed by atoms with Crippen molar-refractivity contribution in [3.05, 3.63) is 65.4 Å². The first-order chi connectivity index (χ1) is 17.9. The Bertz CT molecular complexity index is 1390. The van der Waals surface area contributed by atoms with E-state index >= 15 is 0 Å². The molecule has 1 saturated heterocycles. The molecule has 0 saturated carbocycles. The van der Waals surface area contributed by atoms with E-state index in [0.29, 0.717) is 42.3 Å². The number of aryl methyl sites for hydroxylation is 1. The van der Waals surface area contributed by atoms with Crippen LogP contribution in [0.1, 0.15) is 24.1 Å². The number of hydrogen-bond acceptors (Lipinski definition) is 7. The molecular formula is C26H26F2N6O3. The third-order valence-corrected chi connectivity index (χ3v) is 6.43. The summed E-state index contributed by atoms with van der Waals surface area (Å²) in [6.45, 7) is 0.423. The zero-order valence-corrected chi connectivity index (χ0v) is 20.7. The van der Waals surface area contributed by atoms with E-state index in [1.807, 2.05) is 30.3 Å². The summed E-state index contributed by atoms with van der Waals surface area (Å²) in [4.78, 5) is 23.2. The van der Waals surface area contributed by atoms with Crippen molar-refractivity contribution in [3.8, 4) is 22.8 Å². The lowest BCUT2D eigenvalue weighted by Gasteiger charge is -2.31. The van der Waals surface area contributed by atoms with Crippen LogP contribution in [0, 0.1) is 11.6 Å². The SMILES string of the molecule is COc1cc(OC)c(F)c(CC=C2C=Cc3ncc(-c4cnn(C)c4)nc3N2CC2CCC(=O)N2)c1F. The van der Waals surface area contributed by atoms with Gasteiger partial charge in [-0.15, -0.1) is 0 Å². The smallest absolute Gasteiger partial charge is 0.220 e. The molecule has 0 aliphatic carbocycles. The highest BCUT2D eigenvalue weighted by molar-refractivity contribution is 5.79. The topological polar surface area (TPSA) is 94.4 Å². The summed E-state index contributed by atoms with van der Waals surface area (Å²) in [6.07, 6.45) is 11.6. The minimum atomic E-state index is -0.786. The number of methoxy groups -OCH3 is 2. The maximum Gasteiger partial charge on any atom is 0.220 e. The molecule has 1 amide bonds. The molecule has 9 nitrogen and oxygen atoms in total. The maximum absolute atomic E-state index is 15.0. The van der Waals surface area contributed by atoms with E-state index in [9.17, 15) is 13.6 Å². The first-order valence-electron chi connectivity index (χ1n) is 11.8. The van der Waals surface area contributed by atoms with E-state index in [1.54, 1.807) is 23.2 Å². The lowest BCUT2D eigenvalue weighted by Crippen LogP contribution is -2.39. The van der Waals surface area contributed by atoms with Crippen molar-refractivity contribution >= 4 is 17.8 Å². The third-order valence-electron chi connectivity index (χ3n) is 6.43. The van der Waals surface area contributed by atoms with Crippen LogP contribution in [0.15, 0.2) is 42.5 Å². The molecule has 192 valence electrons. The van der Waals surface area contributed by atoms with Crippen molar-refractivity contribution in [3.63, 3.8) is 0 Å². The fourth-order valence-corrected chi connectivity index (χ4v) is 4.50. The number of carbonyl (C=O) groups excluding carboxylic acids is 1. The van der Waals surface area contributed by atoms with Crippen molar-refractivity contribution in [2.75, 3.05) is 25.7 Å². The third kappa shape index (κ3) is 4.76. The first kappa shape index (κ1) is 24.4. The van der Waals surface area contributed by atoms with Crippen LogP contribution in [0.5, 0.6) is 11.5 Å². The van der Waals surface area contributed by atoms with Crippen LogP contribution >= 0.6 is 0 Å². The molecule has 4 heterocycles. The van der Waals surface area contributed by atoms with Gasteiger partial charge < -0.3 is 19.7 Å². The van der Waals surface area contributed by atoms with E-state index in [0.717, 1.165) is 5.56 Å². The van der Waals surface area contributed by atoms with Crippen molar-refractivity contribution in [2.45, 2.75) is 25.3 Å². The quantitative estimate of drug-likeness (QED) is 0.523. The number of nitrogens with one attached hydrogen (secondary N) is 1. The number of rotatable bonds is 7. The number of nitrogens with zero attached hydrogens (tertiary/aromatic N) is 5. The second kappa shape index (κ2) is 10.00. The van der Waals surface area contributed by atoms with E-state index in [1.165, 1.54) is 20.3 Å². The number of benzene rings is 1. The second-order valence-electron chi connectivity index (χ2n) is 8.83. The average Bonchev–Trinajstić information content (AvgIpc) is 3.52. The number of ether oxygens (including phenoxy) is 2. The molecule has 37 heavy (non-hydrogen) atoms. The number of carbonyl (C=O) groups is 1. The largest absolute Gasteiger partial charge is 0.494 e. The molecule has 1 N–H and O–H groups in total. The minimum absolute atomic E-state index is 0.00822. The summed E-state index contributed by atoms with van der Waals surface area (Å²) >= 11 is 0. The lowest BCUT2D eigenvalue weighted by atomic mass is 10.1. The van der Waals surface area contributed by atoms with Gasteiger partial charge in [-0.1, -0.05) is 6.08 Å². The van der Waals surface area contributed by atoms with Gasteiger partial charge in [-0.2, -0.15) is 5.10 Å². The van der Waals surface area contributed by atoms with Gasteiger partial charge in [-0.05, 0) is 25.0 Å². The molecule has 2 aliphatic heterocycles. The summed E-state index contributed by atoms with van der Waals surface area (Å²) in [5.74, 6) is -1.20. The molecule has 1 fully saturated rings. The molecule has 1 atom stereocenters. The number of fused-ring (bicyclic) bond motifs is 1. The summed E-state index contributed by atoms with van der Waals surface area (Å²) in [5.41, 5.74) is 2.59. The Morgan fingerprint density at radius 3 is 2.54 bits per heavy atom. The molecular weight excluding hydrogens is 482 g/mol. The number of amides is 1. The molecule has 2 aliphatic rings. The Balaban J connectivity index is 1.54. The van der Waals surface area contributed by atoms with Crippen molar-refractivity contribution in [1.82, 2.24) is 25.1 Å². The van der Waals surface area contributed by atoms with E-state index in [-0.39, 0.29) is 35.4 Å². The van der Waals surface area contributed by atoms with Crippen LogP contribution in [0.3, 0.4) is 0 Å². The van der Waals surface area contributed by atoms with Gasteiger partial charge in [0.15, 0.2) is 29.0 Å². The van der Waals surface area contributed by atoms with Gasteiger partial charge in [0.1, 0.15) is 5.69 Å². The van der Waals surface area contributed by atoms with Gasteiger partial charge in [0.2, 0.25) is 5.91 Å². The van der Waals surface area contributed by atoms with Crippen LogP contribution in [-0.2, 0) is 18.3 Å². The highest BCUT2D eigenvalue weighted by Crippen LogP contribution is 2.34. The molecule has 0 bridgehead atoms. The molecule has 3 aromatic rings. The average molecular weight is 509 g/mol. The van der Waals surface area contributed by atoms with E-state index < -0.39 is 11.6 Å². The summed E-state index contributed by atoms with van der Waals surface area (Å²) in [7, 11) is 4.45. The van der Waals surface area contributed by atoms with Crippen molar-refractivity contribution in [1.29, 1.82) is 0 Å². The zero-order valence-electron chi connectivity index (χ0n) is 20.7. The Labute approximate surface area is 212 Å². The predicted octanol–water partition coefficient (Wildman–Crippen LogP) is 3.41. The van der Waals surface area contributed by atoms with Gasteiger partial charge >= 0.3 is 0 Å². The van der Waals surface area contributed by atoms with Crippen LogP contribution < -0.4 is 19.7 Å². The predicted molar refractivity (Wildman–Crippen MR) is 133 cm³/mol. The fraction of sp³-hybridized carbons (Fsp3) is 0.308. The van der Waals surface area contributed by atoms with Crippen LogP contribution in [-0.4, -0.2) is 52.5 Å². The zero-order chi connectivity index (χ0) is 26.1. The van der Waals surface area contributed by atoms with E-state index in [2.05, 4.69) is 15.4 Å². The number of hydrogen-bond donors (Lipinski definition) is 1. The van der Waals surface area contributed by atoms with Gasteiger partial charge in [0.05, 0.1) is 32.3 Å². The molecule has 1 unspecified atom stereocenters. The Morgan fingerprint density at radius 2 is 1.92 bits per heavy atom. The molecule has 1 aromatic carbocycles. The van der Waals surface area contributed by atoms with Gasteiger partial charge in [-0.25, -0.2) is 13.8 Å². The Morgan fingerprint density at radius 1 is 1.16 bits per heavy atom. The van der Waals surface area contributed by atoms with Crippen molar-refractivity contribution in [2.24, 2.45) is 7.05 Å². The normalized spacial score (nSPS) is 17.8. The molecule has 11 heteroatoms. The number of aromatic nitrogens is 4. The number of halogens is 2. The highest BCUT2D eigenvalue weighted by Gasteiger charge is 2.28. The summed E-state index contributed by atoms with van der Waals surface area (Å²) < 4.78 is 41.8. The molecule has 0 spiro atoms. The Kier molecular flexibility index (Phi) is 6.60. The van der Waals surface area contributed by atoms with Gasteiger partial charge in [0.25, 0.3) is 0 Å². The van der Waals surface area contributed by atoms with Crippen LogP contribution in [0.2, 0.25) is 0 Å². The van der Waals surface area contributed by atoms with Crippen LogP contribution in [0.4, 0.5) is 14.6 Å². The highest BCUT2D eigenvalue weighted by atomic mass is 19.1. The lowest BCUT2D eigenvalue weighted by molar-refractivity contribution is -0.119. The molecule has 5 rings (SSSR count).